The van der Waals surface area contributed by atoms with Crippen LogP contribution in [0.2, 0.25) is 0 Å². The minimum atomic E-state index is -0.121. The normalized spacial score (nSPS) is 27.8. The fourth-order valence-electron chi connectivity index (χ4n) is 2.30. The van der Waals surface area contributed by atoms with Gasteiger partial charge in [-0.2, -0.15) is 0 Å². The molecule has 0 aromatic carbocycles. The lowest BCUT2D eigenvalue weighted by Gasteiger charge is -2.26. The molecule has 0 aromatic heterocycles. The van der Waals surface area contributed by atoms with E-state index in [2.05, 4.69) is 29.2 Å². The van der Waals surface area contributed by atoms with Gasteiger partial charge < -0.3 is 15.3 Å². The third-order valence-electron chi connectivity index (χ3n) is 2.95. The summed E-state index contributed by atoms with van der Waals surface area (Å²) in [4.78, 5) is 4.62. The van der Waals surface area contributed by atoms with E-state index < -0.39 is 0 Å². The van der Waals surface area contributed by atoms with Gasteiger partial charge in [0.25, 0.3) is 0 Å². The van der Waals surface area contributed by atoms with Crippen molar-refractivity contribution in [3.8, 4) is 0 Å². The summed E-state index contributed by atoms with van der Waals surface area (Å²) in [7, 11) is 6.17. The second-order valence-electron chi connectivity index (χ2n) is 4.76. The highest BCUT2D eigenvalue weighted by atomic mass is 16.3. The summed E-state index contributed by atoms with van der Waals surface area (Å²) in [6, 6.07) is 0.534. The van der Waals surface area contributed by atoms with Crippen LogP contribution in [0, 0.1) is 0 Å². The number of rotatable bonds is 6. The molecule has 1 fully saturated rings. The van der Waals surface area contributed by atoms with Gasteiger partial charge in [0, 0.05) is 19.1 Å². The number of β-amino-alcohol motifs (C(OH)–C–C–N with tert-alkyl or cyclic N) is 1. The zero-order chi connectivity index (χ0) is 11.3. The summed E-state index contributed by atoms with van der Waals surface area (Å²) in [5.74, 6) is 0. The molecule has 1 aliphatic heterocycles. The molecule has 0 saturated carbocycles. The quantitative estimate of drug-likeness (QED) is 0.591. The summed E-state index contributed by atoms with van der Waals surface area (Å²) in [6.45, 7) is 4.05. The van der Waals surface area contributed by atoms with Crippen LogP contribution in [0.1, 0.15) is 12.8 Å². The fraction of sp³-hybridized carbons (Fsp3) is 1.00. The number of aliphatic hydroxyl groups is 1. The van der Waals surface area contributed by atoms with E-state index in [1.54, 1.807) is 0 Å². The van der Waals surface area contributed by atoms with E-state index >= 15 is 0 Å². The predicted molar refractivity (Wildman–Crippen MR) is 63.1 cm³/mol. The van der Waals surface area contributed by atoms with E-state index in [9.17, 15) is 5.11 Å². The molecule has 15 heavy (non-hydrogen) atoms. The van der Waals surface area contributed by atoms with Crippen LogP contribution < -0.4 is 5.32 Å². The van der Waals surface area contributed by atoms with E-state index in [1.165, 1.54) is 0 Å². The van der Waals surface area contributed by atoms with E-state index in [4.69, 9.17) is 0 Å². The largest absolute Gasteiger partial charge is 0.392 e. The van der Waals surface area contributed by atoms with Gasteiger partial charge in [0.1, 0.15) is 0 Å². The fourth-order valence-corrected chi connectivity index (χ4v) is 2.30. The van der Waals surface area contributed by atoms with E-state index in [0.29, 0.717) is 6.04 Å². The van der Waals surface area contributed by atoms with Crippen LogP contribution in [0.3, 0.4) is 0 Å². The number of hydrogen-bond donors (Lipinski definition) is 2. The number of nitrogens with one attached hydrogen (secondary N) is 1. The molecule has 0 amide bonds. The molecule has 0 aliphatic carbocycles. The first-order valence-corrected chi connectivity index (χ1v) is 5.85. The van der Waals surface area contributed by atoms with E-state index in [-0.39, 0.29) is 6.10 Å². The smallest absolute Gasteiger partial charge is 0.0682 e. The molecule has 0 bridgehead atoms. The van der Waals surface area contributed by atoms with Crippen LogP contribution >= 0.6 is 0 Å². The average molecular weight is 215 g/mol. The topological polar surface area (TPSA) is 38.7 Å². The van der Waals surface area contributed by atoms with Crippen molar-refractivity contribution in [2.24, 2.45) is 0 Å². The lowest BCUT2D eigenvalue weighted by Crippen LogP contribution is -2.38. The highest BCUT2D eigenvalue weighted by Gasteiger charge is 2.30. The van der Waals surface area contributed by atoms with Crippen LogP contribution in [0.5, 0.6) is 0 Å². The standard InChI is InChI=1S/C11H25N3O/c1-12-5-4-6-14-9-11(15)7-10(14)8-13(2)3/h10-12,15H,4-9H2,1-3H3. The molecule has 2 atom stereocenters. The van der Waals surface area contributed by atoms with Gasteiger partial charge in [0.2, 0.25) is 0 Å². The summed E-state index contributed by atoms with van der Waals surface area (Å²) >= 11 is 0. The Morgan fingerprint density at radius 2 is 2.20 bits per heavy atom. The number of likely N-dealkylation sites (tertiary alicyclic amines) is 1. The Hall–Kier alpha value is -0.160. The zero-order valence-corrected chi connectivity index (χ0v) is 10.2. The van der Waals surface area contributed by atoms with E-state index in [0.717, 1.165) is 39.0 Å². The van der Waals surface area contributed by atoms with Gasteiger partial charge in [0.15, 0.2) is 0 Å². The van der Waals surface area contributed by atoms with Crippen LogP contribution in [-0.4, -0.2) is 74.4 Å². The first-order chi connectivity index (χ1) is 7.13. The summed E-state index contributed by atoms with van der Waals surface area (Å²) < 4.78 is 0. The SMILES string of the molecule is CNCCCN1CC(O)CC1CN(C)C. The van der Waals surface area contributed by atoms with Crippen molar-refractivity contribution in [3.05, 3.63) is 0 Å². The lowest BCUT2D eigenvalue weighted by molar-refractivity contribution is 0.172. The second-order valence-corrected chi connectivity index (χ2v) is 4.76. The van der Waals surface area contributed by atoms with Crippen molar-refractivity contribution in [1.29, 1.82) is 0 Å². The molecule has 90 valence electrons. The molecule has 4 heteroatoms. The predicted octanol–water partition coefficient (Wildman–Crippen LogP) is -0.407. The molecule has 1 aliphatic rings. The minimum absolute atomic E-state index is 0.121. The Bertz CT molecular complexity index is 175. The van der Waals surface area contributed by atoms with Crippen molar-refractivity contribution in [2.45, 2.75) is 25.0 Å². The van der Waals surface area contributed by atoms with Crippen molar-refractivity contribution in [3.63, 3.8) is 0 Å². The number of nitrogens with zero attached hydrogens (tertiary/aromatic N) is 2. The summed E-state index contributed by atoms with van der Waals surface area (Å²) in [5.41, 5.74) is 0. The Balaban J connectivity index is 2.31. The number of hydrogen-bond acceptors (Lipinski definition) is 4. The molecular formula is C11H25N3O. The van der Waals surface area contributed by atoms with Gasteiger partial charge >= 0.3 is 0 Å². The molecule has 1 rings (SSSR count). The minimum Gasteiger partial charge on any atom is -0.392 e. The molecule has 2 N–H and O–H groups in total. The van der Waals surface area contributed by atoms with E-state index in [1.807, 2.05) is 7.05 Å². The van der Waals surface area contributed by atoms with Gasteiger partial charge in [-0.25, -0.2) is 0 Å². The number of likely N-dealkylation sites (N-methyl/N-ethyl adjacent to an activating group) is 1. The van der Waals surface area contributed by atoms with Crippen LogP contribution in [0.4, 0.5) is 0 Å². The van der Waals surface area contributed by atoms with Crippen molar-refractivity contribution >= 4 is 0 Å². The monoisotopic (exact) mass is 215 g/mol. The Labute approximate surface area is 93.2 Å². The first kappa shape index (κ1) is 12.9. The van der Waals surface area contributed by atoms with Gasteiger partial charge in [-0.15, -0.1) is 0 Å². The molecule has 2 unspecified atom stereocenters. The van der Waals surface area contributed by atoms with Crippen molar-refractivity contribution < 1.29 is 5.11 Å². The molecule has 0 radical (unpaired) electrons. The highest BCUT2D eigenvalue weighted by Crippen LogP contribution is 2.18. The Morgan fingerprint density at radius 3 is 2.80 bits per heavy atom. The van der Waals surface area contributed by atoms with Crippen LogP contribution in [-0.2, 0) is 0 Å². The summed E-state index contributed by atoms with van der Waals surface area (Å²) in [6.07, 6.45) is 1.97. The van der Waals surface area contributed by atoms with Gasteiger partial charge in [0.05, 0.1) is 6.10 Å². The van der Waals surface area contributed by atoms with Crippen molar-refractivity contribution in [1.82, 2.24) is 15.1 Å². The molecule has 4 nitrogen and oxygen atoms in total. The van der Waals surface area contributed by atoms with Crippen LogP contribution in [0.15, 0.2) is 0 Å². The second kappa shape index (κ2) is 6.43. The maximum absolute atomic E-state index is 9.66. The Kier molecular flexibility index (Phi) is 5.53. The Morgan fingerprint density at radius 1 is 1.47 bits per heavy atom. The first-order valence-electron chi connectivity index (χ1n) is 5.85. The van der Waals surface area contributed by atoms with Gasteiger partial charge in [-0.1, -0.05) is 0 Å². The molecule has 0 aromatic rings. The molecule has 1 saturated heterocycles. The van der Waals surface area contributed by atoms with Crippen LogP contribution in [0.25, 0.3) is 0 Å². The average Bonchev–Trinajstić information content (AvgIpc) is 2.46. The highest BCUT2D eigenvalue weighted by molar-refractivity contribution is 4.86. The zero-order valence-electron chi connectivity index (χ0n) is 10.2. The maximum Gasteiger partial charge on any atom is 0.0682 e. The molecule has 1 heterocycles. The van der Waals surface area contributed by atoms with Gasteiger partial charge in [-0.05, 0) is 47.1 Å². The van der Waals surface area contributed by atoms with Gasteiger partial charge in [-0.3, -0.25) is 4.90 Å². The number of aliphatic hydroxyl groups excluding tert-OH is 1. The molecular weight excluding hydrogens is 190 g/mol. The third kappa shape index (κ3) is 4.47. The lowest BCUT2D eigenvalue weighted by atomic mass is 10.2. The van der Waals surface area contributed by atoms with Crippen molar-refractivity contribution in [2.75, 3.05) is 47.3 Å². The third-order valence-corrected chi connectivity index (χ3v) is 2.95. The molecule has 0 spiro atoms. The summed E-state index contributed by atoms with van der Waals surface area (Å²) in [5, 5.41) is 12.8. The maximum atomic E-state index is 9.66.